The monoisotopic (exact) mass is 450 g/mol. The second-order valence-corrected chi connectivity index (χ2v) is 7.67. The lowest BCUT2D eigenvalue weighted by molar-refractivity contribution is -0.140. The molecule has 1 aliphatic heterocycles. The standard InChI is InChI=1S/C18H34N4O9/c23-12-15(25)14(24)7-13-8-22(11-18(30)31)6-5-21(10-17(28)29)4-3-20(2-1-19-13)9-16(26)27/h13-15,19,23-25H,1-12H2,(H,26,27)(H,28,29)(H,30,31). The number of hydrogen-bond acceptors (Lipinski definition) is 10. The van der Waals surface area contributed by atoms with Crippen molar-refractivity contribution < 1.29 is 45.0 Å². The zero-order valence-electron chi connectivity index (χ0n) is 17.5. The van der Waals surface area contributed by atoms with E-state index < -0.39 is 42.8 Å². The lowest BCUT2D eigenvalue weighted by Gasteiger charge is -2.33. The number of rotatable bonds is 10. The molecule has 0 saturated carbocycles. The summed E-state index contributed by atoms with van der Waals surface area (Å²) in [6, 6.07) is -0.449. The van der Waals surface area contributed by atoms with E-state index in [-0.39, 0.29) is 45.7 Å². The third-order valence-electron chi connectivity index (χ3n) is 5.04. The molecule has 1 rings (SSSR count). The number of carbonyl (C=O) groups is 3. The van der Waals surface area contributed by atoms with Gasteiger partial charge in [0.2, 0.25) is 0 Å². The number of aliphatic hydroxyl groups is 3. The number of nitrogens with one attached hydrogen (secondary N) is 1. The average Bonchev–Trinajstić information content (AvgIpc) is 2.66. The molecule has 0 amide bonds. The van der Waals surface area contributed by atoms with E-state index in [1.165, 1.54) is 0 Å². The molecule has 180 valence electrons. The SMILES string of the molecule is O=C(O)CN1CCNC(CC(O)C(O)CO)CN(CC(=O)O)CCN(CC(=O)O)CC1. The molecule has 0 aromatic carbocycles. The highest BCUT2D eigenvalue weighted by molar-refractivity contribution is 5.69. The zero-order valence-corrected chi connectivity index (χ0v) is 17.5. The minimum absolute atomic E-state index is 0.0373. The van der Waals surface area contributed by atoms with Crippen LogP contribution in [0, 0.1) is 0 Å². The van der Waals surface area contributed by atoms with Gasteiger partial charge in [-0.15, -0.1) is 0 Å². The summed E-state index contributed by atoms with van der Waals surface area (Å²) < 4.78 is 0. The van der Waals surface area contributed by atoms with Gasteiger partial charge in [-0.1, -0.05) is 0 Å². The molecule has 13 nitrogen and oxygen atoms in total. The smallest absolute Gasteiger partial charge is 0.317 e. The van der Waals surface area contributed by atoms with Crippen LogP contribution in [0.4, 0.5) is 0 Å². The van der Waals surface area contributed by atoms with E-state index in [2.05, 4.69) is 5.32 Å². The van der Waals surface area contributed by atoms with Crippen LogP contribution in [0.1, 0.15) is 6.42 Å². The van der Waals surface area contributed by atoms with Gasteiger partial charge in [-0.2, -0.15) is 0 Å². The Balaban J connectivity index is 2.98. The molecular weight excluding hydrogens is 416 g/mol. The van der Waals surface area contributed by atoms with Crippen LogP contribution in [0.5, 0.6) is 0 Å². The lowest BCUT2D eigenvalue weighted by atomic mass is 10.0. The maximum absolute atomic E-state index is 11.3. The second kappa shape index (κ2) is 14.2. The van der Waals surface area contributed by atoms with Crippen molar-refractivity contribution in [2.45, 2.75) is 24.7 Å². The Labute approximate surface area is 180 Å². The van der Waals surface area contributed by atoms with Crippen LogP contribution < -0.4 is 5.32 Å². The van der Waals surface area contributed by atoms with Crippen LogP contribution in [0.2, 0.25) is 0 Å². The molecule has 3 unspecified atom stereocenters. The van der Waals surface area contributed by atoms with Crippen molar-refractivity contribution in [3.8, 4) is 0 Å². The van der Waals surface area contributed by atoms with E-state index in [9.17, 15) is 29.7 Å². The molecule has 0 aromatic heterocycles. The van der Waals surface area contributed by atoms with Crippen LogP contribution in [-0.4, -0.2) is 154 Å². The molecular formula is C18H34N4O9. The lowest BCUT2D eigenvalue weighted by Crippen LogP contribution is -2.51. The van der Waals surface area contributed by atoms with Crippen molar-refractivity contribution in [1.29, 1.82) is 0 Å². The highest BCUT2D eigenvalue weighted by Crippen LogP contribution is 2.07. The topological polar surface area (TPSA) is 194 Å². The number of nitrogens with zero attached hydrogens (tertiary/aromatic N) is 3. The first-order chi connectivity index (χ1) is 14.6. The Morgan fingerprint density at radius 2 is 1.23 bits per heavy atom. The summed E-state index contributed by atoms with van der Waals surface area (Å²) >= 11 is 0. The van der Waals surface area contributed by atoms with Crippen LogP contribution in [0.15, 0.2) is 0 Å². The van der Waals surface area contributed by atoms with E-state index in [0.717, 1.165) is 0 Å². The molecule has 0 radical (unpaired) electrons. The molecule has 0 aliphatic carbocycles. The van der Waals surface area contributed by atoms with E-state index >= 15 is 0 Å². The van der Waals surface area contributed by atoms with Crippen molar-refractivity contribution in [3.05, 3.63) is 0 Å². The van der Waals surface area contributed by atoms with Gasteiger partial charge in [0.25, 0.3) is 0 Å². The van der Waals surface area contributed by atoms with Crippen molar-refractivity contribution >= 4 is 17.9 Å². The van der Waals surface area contributed by atoms with Gasteiger partial charge in [0, 0.05) is 51.9 Å². The third-order valence-corrected chi connectivity index (χ3v) is 5.04. The van der Waals surface area contributed by atoms with Crippen molar-refractivity contribution in [2.75, 3.05) is 72.1 Å². The number of aliphatic hydroxyl groups excluding tert-OH is 3. The predicted octanol–water partition coefficient (Wildman–Crippen LogP) is -3.78. The van der Waals surface area contributed by atoms with Gasteiger partial charge in [-0.05, 0) is 6.42 Å². The summed E-state index contributed by atoms with van der Waals surface area (Å²) in [5.74, 6) is -3.11. The fourth-order valence-corrected chi connectivity index (χ4v) is 3.45. The molecule has 1 heterocycles. The molecule has 0 bridgehead atoms. The predicted molar refractivity (Wildman–Crippen MR) is 108 cm³/mol. The third kappa shape index (κ3) is 11.9. The van der Waals surface area contributed by atoms with Gasteiger partial charge in [-0.3, -0.25) is 29.1 Å². The molecule has 0 spiro atoms. The maximum atomic E-state index is 11.3. The van der Waals surface area contributed by atoms with E-state index in [4.69, 9.17) is 15.3 Å². The molecule has 7 N–H and O–H groups in total. The summed E-state index contributed by atoms with van der Waals surface area (Å²) in [5.41, 5.74) is 0. The molecule has 1 saturated heterocycles. The van der Waals surface area contributed by atoms with E-state index in [1.54, 1.807) is 14.7 Å². The Bertz CT molecular complexity index is 580. The Morgan fingerprint density at radius 1 is 0.774 bits per heavy atom. The van der Waals surface area contributed by atoms with Gasteiger partial charge in [0.05, 0.1) is 32.3 Å². The highest BCUT2D eigenvalue weighted by Gasteiger charge is 2.25. The molecule has 31 heavy (non-hydrogen) atoms. The molecule has 0 aromatic rings. The number of carboxylic acid groups (broad SMARTS) is 3. The number of carboxylic acids is 3. The van der Waals surface area contributed by atoms with Crippen LogP contribution in [-0.2, 0) is 14.4 Å². The van der Waals surface area contributed by atoms with Crippen LogP contribution in [0.25, 0.3) is 0 Å². The van der Waals surface area contributed by atoms with Crippen LogP contribution in [0.3, 0.4) is 0 Å². The van der Waals surface area contributed by atoms with Gasteiger partial charge in [-0.25, -0.2) is 0 Å². The first-order valence-corrected chi connectivity index (χ1v) is 10.1. The fraction of sp³-hybridized carbons (Fsp3) is 0.833. The van der Waals surface area contributed by atoms with Gasteiger partial charge >= 0.3 is 17.9 Å². The van der Waals surface area contributed by atoms with Crippen molar-refractivity contribution in [2.24, 2.45) is 0 Å². The number of aliphatic carboxylic acids is 3. The summed E-state index contributed by atoms with van der Waals surface area (Å²) in [6.45, 7) is 0.607. The Hall–Kier alpha value is -1.87. The molecule has 3 atom stereocenters. The maximum Gasteiger partial charge on any atom is 0.317 e. The summed E-state index contributed by atoms with van der Waals surface area (Å²) in [7, 11) is 0. The fourth-order valence-electron chi connectivity index (χ4n) is 3.45. The van der Waals surface area contributed by atoms with E-state index in [1.807, 2.05) is 0 Å². The van der Waals surface area contributed by atoms with Gasteiger partial charge in [0.1, 0.15) is 6.10 Å². The first-order valence-electron chi connectivity index (χ1n) is 10.1. The highest BCUT2D eigenvalue weighted by atomic mass is 16.4. The zero-order chi connectivity index (χ0) is 23.4. The van der Waals surface area contributed by atoms with Crippen LogP contribution >= 0.6 is 0 Å². The quantitative estimate of drug-likeness (QED) is 0.171. The van der Waals surface area contributed by atoms with Crippen molar-refractivity contribution in [1.82, 2.24) is 20.0 Å². The summed E-state index contributed by atoms with van der Waals surface area (Å²) in [6.07, 6.45) is -2.54. The minimum atomic E-state index is -1.34. The second-order valence-electron chi connectivity index (χ2n) is 7.67. The largest absolute Gasteiger partial charge is 0.480 e. The molecule has 13 heteroatoms. The van der Waals surface area contributed by atoms with Gasteiger partial charge < -0.3 is 36.0 Å². The van der Waals surface area contributed by atoms with Gasteiger partial charge in [0.15, 0.2) is 0 Å². The Kier molecular flexibility index (Phi) is 12.5. The number of hydrogen-bond donors (Lipinski definition) is 7. The summed E-state index contributed by atoms with van der Waals surface area (Å²) in [4.78, 5) is 38.5. The van der Waals surface area contributed by atoms with E-state index in [0.29, 0.717) is 26.2 Å². The van der Waals surface area contributed by atoms with Crippen molar-refractivity contribution in [3.63, 3.8) is 0 Å². The normalized spacial score (nSPS) is 22.7. The minimum Gasteiger partial charge on any atom is -0.480 e. The summed E-state index contributed by atoms with van der Waals surface area (Å²) in [5, 5.41) is 59.5. The molecule has 1 aliphatic rings. The Morgan fingerprint density at radius 3 is 1.71 bits per heavy atom. The average molecular weight is 450 g/mol. The first kappa shape index (κ1) is 27.2. The molecule has 1 fully saturated rings.